The van der Waals surface area contributed by atoms with Crippen LogP contribution >= 0.6 is 0 Å². The Hall–Kier alpha value is -2.57. The summed E-state index contributed by atoms with van der Waals surface area (Å²) in [6, 6.07) is 4.84. The molecular weight excluding hydrogens is 262 g/mol. The monoisotopic (exact) mass is 279 g/mol. The highest BCUT2D eigenvalue weighted by Gasteiger charge is 2.11. The molecular formula is C13H17N3O4. The molecule has 0 saturated carbocycles. The molecule has 1 rings (SSSR count). The molecule has 0 aliphatic carbocycles. The van der Waals surface area contributed by atoms with Crippen molar-refractivity contribution < 1.29 is 19.4 Å². The van der Waals surface area contributed by atoms with E-state index in [1.54, 1.807) is 18.2 Å². The molecule has 0 radical (unpaired) electrons. The normalized spacial score (nSPS) is 10.3. The number of hydrogen-bond donors (Lipinski definition) is 3. The van der Waals surface area contributed by atoms with E-state index in [9.17, 15) is 14.7 Å². The van der Waals surface area contributed by atoms with Gasteiger partial charge in [0.2, 0.25) is 0 Å². The van der Waals surface area contributed by atoms with Crippen LogP contribution < -0.4 is 15.5 Å². The second-order valence-corrected chi connectivity index (χ2v) is 3.85. The van der Waals surface area contributed by atoms with Crippen molar-refractivity contribution in [3.63, 3.8) is 0 Å². The van der Waals surface area contributed by atoms with Crippen LogP contribution in [0.5, 0.6) is 11.5 Å². The number of rotatable bonds is 5. The van der Waals surface area contributed by atoms with E-state index in [4.69, 9.17) is 4.74 Å². The van der Waals surface area contributed by atoms with Gasteiger partial charge in [0.1, 0.15) is 0 Å². The van der Waals surface area contributed by atoms with Gasteiger partial charge in [-0.15, -0.1) is 0 Å². The van der Waals surface area contributed by atoms with Crippen LogP contribution in [0.4, 0.5) is 0 Å². The number of carbonyl (C=O) groups excluding carboxylic acids is 2. The molecule has 0 atom stereocenters. The molecule has 0 bridgehead atoms. The number of ether oxygens (including phenoxy) is 1. The highest BCUT2D eigenvalue weighted by atomic mass is 16.5. The summed E-state index contributed by atoms with van der Waals surface area (Å²) >= 11 is 0. The summed E-state index contributed by atoms with van der Waals surface area (Å²) in [4.78, 5) is 22.6. The summed E-state index contributed by atoms with van der Waals surface area (Å²) in [5, 5.41) is 15.8. The molecule has 3 N–H and O–H groups in total. The van der Waals surface area contributed by atoms with Gasteiger partial charge < -0.3 is 15.2 Å². The van der Waals surface area contributed by atoms with Crippen molar-refractivity contribution in [3.05, 3.63) is 23.8 Å². The minimum absolute atomic E-state index is 0.0940. The Labute approximate surface area is 116 Å². The Balaban J connectivity index is 2.61. The molecule has 1 aromatic carbocycles. The van der Waals surface area contributed by atoms with Crippen molar-refractivity contribution >= 4 is 18.0 Å². The lowest BCUT2D eigenvalue weighted by Crippen LogP contribution is -2.38. The third-order valence-corrected chi connectivity index (χ3v) is 2.36. The van der Waals surface area contributed by atoms with Crippen molar-refractivity contribution in [1.29, 1.82) is 0 Å². The number of phenols is 1. The molecule has 0 fully saturated rings. The van der Waals surface area contributed by atoms with Crippen LogP contribution in [0.2, 0.25) is 0 Å². The maximum absolute atomic E-state index is 11.3. The number of benzene rings is 1. The van der Waals surface area contributed by atoms with Gasteiger partial charge in [-0.2, -0.15) is 5.10 Å². The fraction of sp³-hybridized carbons (Fsp3) is 0.308. The van der Waals surface area contributed by atoms with Gasteiger partial charge >= 0.3 is 11.8 Å². The number of hydrazone groups is 1. The number of hydrogen-bond acceptors (Lipinski definition) is 5. The average molecular weight is 279 g/mol. The van der Waals surface area contributed by atoms with Crippen molar-refractivity contribution in [2.45, 2.75) is 13.3 Å². The van der Waals surface area contributed by atoms with Gasteiger partial charge in [0.25, 0.3) is 0 Å². The first-order valence-corrected chi connectivity index (χ1v) is 6.07. The standard InChI is InChI=1S/C13H17N3O4/c1-3-7-14-12(18)13(19)16-15-8-9-5-4-6-10(20-2)11(9)17/h4-6,8,17H,3,7H2,1-2H3,(H,14,18)(H,16,19)/b15-8-. The molecule has 108 valence electrons. The Morgan fingerprint density at radius 2 is 2.15 bits per heavy atom. The number of methoxy groups -OCH3 is 1. The van der Waals surface area contributed by atoms with Crippen molar-refractivity contribution in [2.24, 2.45) is 5.10 Å². The van der Waals surface area contributed by atoms with Gasteiger partial charge in [0.05, 0.1) is 13.3 Å². The minimum Gasteiger partial charge on any atom is -0.504 e. The largest absolute Gasteiger partial charge is 0.504 e. The highest BCUT2D eigenvalue weighted by Crippen LogP contribution is 2.27. The number of nitrogens with one attached hydrogen (secondary N) is 2. The molecule has 0 aliphatic heterocycles. The van der Waals surface area contributed by atoms with Crippen LogP contribution in [0, 0.1) is 0 Å². The van der Waals surface area contributed by atoms with Crippen LogP contribution in [-0.2, 0) is 9.59 Å². The van der Waals surface area contributed by atoms with E-state index in [1.165, 1.54) is 13.3 Å². The molecule has 0 unspecified atom stereocenters. The smallest absolute Gasteiger partial charge is 0.329 e. The third-order valence-electron chi connectivity index (χ3n) is 2.36. The molecule has 0 aliphatic rings. The molecule has 2 amide bonds. The lowest BCUT2D eigenvalue weighted by molar-refractivity contribution is -0.139. The van der Waals surface area contributed by atoms with Gasteiger partial charge in [0, 0.05) is 12.1 Å². The highest BCUT2D eigenvalue weighted by molar-refractivity contribution is 6.35. The fourth-order valence-corrected chi connectivity index (χ4v) is 1.34. The van der Waals surface area contributed by atoms with Crippen LogP contribution in [0.25, 0.3) is 0 Å². The van der Waals surface area contributed by atoms with Crippen molar-refractivity contribution in [1.82, 2.24) is 10.7 Å². The first-order valence-electron chi connectivity index (χ1n) is 6.07. The van der Waals surface area contributed by atoms with Crippen molar-refractivity contribution in [2.75, 3.05) is 13.7 Å². The van der Waals surface area contributed by atoms with E-state index in [-0.39, 0.29) is 5.75 Å². The van der Waals surface area contributed by atoms with Gasteiger partial charge in [-0.1, -0.05) is 13.0 Å². The predicted molar refractivity (Wildman–Crippen MR) is 73.7 cm³/mol. The first kappa shape index (κ1) is 15.5. The SMILES string of the molecule is CCCNC(=O)C(=O)N/N=C\c1cccc(OC)c1O. The Kier molecular flexibility index (Phi) is 6.02. The summed E-state index contributed by atoms with van der Waals surface area (Å²) in [5.74, 6) is -1.42. The molecule has 1 aromatic rings. The molecule has 20 heavy (non-hydrogen) atoms. The van der Waals surface area contributed by atoms with E-state index in [0.29, 0.717) is 17.9 Å². The number of para-hydroxylation sites is 1. The topological polar surface area (TPSA) is 100 Å². The zero-order valence-corrected chi connectivity index (χ0v) is 11.3. The molecule has 0 saturated heterocycles. The van der Waals surface area contributed by atoms with Crippen LogP contribution in [-0.4, -0.2) is 36.8 Å². The van der Waals surface area contributed by atoms with Gasteiger partial charge in [-0.05, 0) is 18.6 Å². The summed E-state index contributed by atoms with van der Waals surface area (Å²) in [5.41, 5.74) is 2.43. The minimum atomic E-state index is -0.864. The summed E-state index contributed by atoms with van der Waals surface area (Å²) in [6.45, 7) is 2.30. The molecule has 7 nitrogen and oxygen atoms in total. The summed E-state index contributed by atoms with van der Waals surface area (Å²) in [7, 11) is 1.43. The van der Waals surface area contributed by atoms with E-state index in [0.717, 1.165) is 6.42 Å². The quantitative estimate of drug-likeness (QED) is 0.412. The zero-order valence-electron chi connectivity index (χ0n) is 11.3. The predicted octanol–water partition coefficient (Wildman–Crippen LogP) is 0.377. The zero-order chi connectivity index (χ0) is 15.0. The summed E-state index contributed by atoms with van der Waals surface area (Å²) in [6.07, 6.45) is 1.96. The Morgan fingerprint density at radius 1 is 1.40 bits per heavy atom. The summed E-state index contributed by atoms with van der Waals surface area (Å²) < 4.78 is 4.93. The van der Waals surface area contributed by atoms with E-state index < -0.39 is 11.8 Å². The van der Waals surface area contributed by atoms with Crippen LogP contribution in [0.3, 0.4) is 0 Å². The Bertz CT molecular complexity index is 514. The number of nitrogens with zero attached hydrogens (tertiary/aromatic N) is 1. The maximum atomic E-state index is 11.3. The molecule has 7 heteroatoms. The Morgan fingerprint density at radius 3 is 2.80 bits per heavy atom. The molecule has 0 heterocycles. The molecule has 0 aromatic heterocycles. The number of aromatic hydroxyl groups is 1. The van der Waals surface area contributed by atoms with Crippen molar-refractivity contribution in [3.8, 4) is 11.5 Å². The van der Waals surface area contributed by atoms with Crippen LogP contribution in [0.15, 0.2) is 23.3 Å². The average Bonchev–Trinajstić information content (AvgIpc) is 2.46. The van der Waals surface area contributed by atoms with Gasteiger partial charge in [-0.25, -0.2) is 5.43 Å². The lowest BCUT2D eigenvalue weighted by Gasteiger charge is -2.05. The lowest BCUT2D eigenvalue weighted by atomic mass is 10.2. The van der Waals surface area contributed by atoms with Gasteiger partial charge in [0.15, 0.2) is 11.5 Å². The van der Waals surface area contributed by atoms with Crippen LogP contribution in [0.1, 0.15) is 18.9 Å². The third kappa shape index (κ3) is 4.27. The number of amides is 2. The maximum Gasteiger partial charge on any atom is 0.329 e. The van der Waals surface area contributed by atoms with E-state index in [2.05, 4.69) is 15.8 Å². The van der Waals surface area contributed by atoms with E-state index in [1.807, 2.05) is 6.92 Å². The number of phenolic OH excluding ortho intramolecular Hbond substituents is 1. The second kappa shape index (κ2) is 7.78. The molecule has 0 spiro atoms. The first-order chi connectivity index (χ1) is 9.60. The van der Waals surface area contributed by atoms with E-state index >= 15 is 0 Å². The second-order valence-electron chi connectivity index (χ2n) is 3.85. The van der Waals surface area contributed by atoms with Gasteiger partial charge in [-0.3, -0.25) is 9.59 Å². The number of carbonyl (C=O) groups is 2. The fourth-order valence-electron chi connectivity index (χ4n) is 1.34.